The molecule has 0 aliphatic carbocycles. The summed E-state index contributed by atoms with van der Waals surface area (Å²) in [6.45, 7) is -1.76. The highest BCUT2D eigenvalue weighted by Gasteiger charge is 2.48. The maximum absolute atomic E-state index is 12.9. The van der Waals surface area contributed by atoms with Crippen molar-refractivity contribution in [1.29, 1.82) is 0 Å². The number of nitrogens with zero attached hydrogens (tertiary/aromatic N) is 1. The predicted octanol–water partition coefficient (Wildman–Crippen LogP) is 2.51. The quantitative estimate of drug-likeness (QED) is 0.632. The lowest BCUT2D eigenvalue weighted by Crippen LogP contribution is -2.46. The van der Waals surface area contributed by atoms with Gasteiger partial charge in [0.05, 0.1) is 0 Å². The molecule has 2 aromatic rings. The third kappa shape index (κ3) is 4.41. The van der Waals surface area contributed by atoms with Gasteiger partial charge in [-0.15, -0.1) is 0 Å². The van der Waals surface area contributed by atoms with Crippen LogP contribution in [0.3, 0.4) is 0 Å². The number of halogens is 2. The Morgan fingerprint density at radius 2 is 1.91 bits per heavy atom. The summed E-state index contributed by atoms with van der Waals surface area (Å²) in [7, 11) is 0. The van der Waals surface area contributed by atoms with Crippen molar-refractivity contribution in [2.45, 2.75) is 25.5 Å². The fourth-order valence-electron chi connectivity index (χ4n) is 3.53. The van der Waals surface area contributed by atoms with Crippen molar-refractivity contribution < 1.29 is 37.4 Å². The Labute approximate surface area is 181 Å². The summed E-state index contributed by atoms with van der Waals surface area (Å²) in [6, 6.07) is 9.81. The number of carbonyl (C=O) groups excluding carboxylic acids is 3. The number of alkyl halides is 2. The number of hydrogen-bond acceptors (Lipinski definition) is 6. The lowest BCUT2D eigenvalue weighted by atomic mass is 9.92. The molecule has 1 saturated heterocycles. The van der Waals surface area contributed by atoms with E-state index in [1.165, 1.54) is 24.3 Å². The van der Waals surface area contributed by atoms with Gasteiger partial charge < -0.3 is 24.8 Å². The minimum absolute atomic E-state index is 0.0635. The first-order valence-corrected chi connectivity index (χ1v) is 9.61. The molecule has 2 aliphatic rings. The van der Waals surface area contributed by atoms with E-state index in [0.717, 1.165) is 10.5 Å². The smallest absolute Gasteiger partial charge is 0.387 e. The Kier molecular flexibility index (Phi) is 5.56. The molecule has 2 aromatic carbocycles. The molecule has 2 N–H and O–H groups in total. The molecule has 4 amide bonds. The maximum Gasteiger partial charge on any atom is 0.387 e. The zero-order chi connectivity index (χ0) is 22.9. The molecule has 11 heteroatoms. The maximum atomic E-state index is 12.9. The lowest BCUT2D eigenvalue weighted by Gasteiger charge is -2.22. The number of imide groups is 1. The van der Waals surface area contributed by atoms with Crippen molar-refractivity contribution in [2.75, 3.05) is 18.7 Å². The Morgan fingerprint density at radius 1 is 1.19 bits per heavy atom. The van der Waals surface area contributed by atoms with Gasteiger partial charge >= 0.3 is 12.6 Å². The van der Waals surface area contributed by atoms with Crippen LogP contribution < -0.4 is 24.8 Å². The number of amides is 4. The minimum Gasteiger partial charge on any atom is -0.454 e. The van der Waals surface area contributed by atoms with Crippen molar-refractivity contribution in [3.63, 3.8) is 0 Å². The van der Waals surface area contributed by atoms with Gasteiger partial charge in [-0.25, -0.2) is 4.79 Å². The fourth-order valence-corrected chi connectivity index (χ4v) is 3.53. The zero-order valence-electron chi connectivity index (χ0n) is 16.9. The van der Waals surface area contributed by atoms with Gasteiger partial charge in [-0.1, -0.05) is 6.07 Å². The number of carbonyl (C=O) groups is 3. The number of hydrogen-bond donors (Lipinski definition) is 2. The van der Waals surface area contributed by atoms with Crippen LogP contribution in [-0.2, 0) is 16.0 Å². The number of rotatable bonds is 7. The normalized spacial score (nSPS) is 19.3. The number of anilines is 1. The lowest BCUT2D eigenvalue weighted by molar-refractivity contribution is -0.133. The van der Waals surface area contributed by atoms with Crippen LogP contribution in [0.5, 0.6) is 17.2 Å². The van der Waals surface area contributed by atoms with Crippen LogP contribution in [0.1, 0.15) is 12.5 Å². The van der Waals surface area contributed by atoms with Crippen LogP contribution in [0.4, 0.5) is 19.3 Å². The van der Waals surface area contributed by atoms with E-state index in [9.17, 15) is 23.2 Å². The van der Waals surface area contributed by atoms with Crippen LogP contribution in [0.25, 0.3) is 0 Å². The average molecular weight is 447 g/mol. The Bertz CT molecular complexity index is 1060. The van der Waals surface area contributed by atoms with Gasteiger partial charge in [0, 0.05) is 12.1 Å². The van der Waals surface area contributed by atoms with Crippen molar-refractivity contribution in [2.24, 2.45) is 0 Å². The molecular formula is C21H19F2N3O6. The molecule has 0 aromatic heterocycles. The van der Waals surface area contributed by atoms with Crippen molar-refractivity contribution in [3.05, 3.63) is 48.0 Å². The zero-order valence-corrected chi connectivity index (χ0v) is 16.9. The summed E-state index contributed by atoms with van der Waals surface area (Å²) < 4.78 is 39.3. The molecule has 1 fully saturated rings. The van der Waals surface area contributed by atoms with Crippen molar-refractivity contribution in [3.8, 4) is 17.2 Å². The fraction of sp³-hybridized carbons (Fsp3) is 0.286. The largest absolute Gasteiger partial charge is 0.454 e. The van der Waals surface area contributed by atoms with Gasteiger partial charge in [0.25, 0.3) is 5.91 Å². The molecule has 4 rings (SSSR count). The first kappa shape index (κ1) is 21.3. The molecule has 1 atom stereocenters. The van der Waals surface area contributed by atoms with Gasteiger partial charge in [-0.2, -0.15) is 8.78 Å². The van der Waals surface area contributed by atoms with Gasteiger partial charge in [0.15, 0.2) is 11.5 Å². The molecule has 0 radical (unpaired) electrons. The third-order valence-corrected chi connectivity index (χ3v) is 5.00. The molecule has 32 heavy (non-hydrogen) atoms. The Morgan fingerprint density at radius 3 is 2.62 bits per heavy atom. The average Bonchev–Trinajstić information content (AvgIpc) is 3.27. The Balaban J connectivity index is 1.38. The van der Waals surface area contributed by atoms with E-state index in [1.54, 1.807) is 25.1 Å². The van der Waals surface area contributed by atoms with E-state index >= 15 is 0 Å². The van der Waals surface area contributed by atoms with Crippen LogP contribution in [0, 0.1) is 0 Å². The molecule has 0 bridgehead atoms. The van der Waals surface area contributed by atoms with Crippen LogP contribution >= 0.6 is 0 Å². The highest BCUT2D eigenvalue weighted by molar-refractivity contribution is 6.10. The second-order valence-corrected chi connectivity index (χ2v) is 7.47. The van der Waals surface area contributed by atoms with E-state index in [4.69, 9.17) is 9.47 Å². The van der Waals surface area contributed by atoms with Crippen LogP contribution in [0.2, 0.25) is 0 Å². The second-order valence-electron chi connectivity index (χ2n) is 7.47. The summed E-state index contributed by atoms with van der Waals surface area (Å²) in [5, 5.41) is 5.15. The van der Waals surface area contributed by atoms with Gasteiger partial charge in [0.2, 0.25) is 12.7 Å². The molecule has 0 saturated carbocycles. The summed E-state index contributed by atoms with van der Waals surface area (Å²) in [4.78, 5) is 38.5. The number of urea groups is 1. The first-order valence-electron chi connectivity index (χ1n) is 9.61. The molecule has 168 valence electrons. The van der Waals surface area contributed by atoms with Crippen molar-refractivity contribution >= 4 is 23.5 Å². The highest BCUT2D eigenvalue weighted by atomic mass is 19.3. The highest BCUT2D eigenvalue weighted by Crippen LogP contribution is 2.34. The standard InChI is InChI=1S/C21H19F2N3O6/c1-21(9-12-2-7-15-16(8-12)31-11-30-15)18(28)26(20(29)25-21)10-17(27)24-13-3-5-14(6-4-13)32-19(22)23/h2-8,19H,9-11H2,1H3,(H,24,27)(H,25,29). The van der Waals surface area contributed by atoms with Crippen molar-refractivity contribution in [1.82, 2.24) is 10.2 Å². The number of nitrogens with one attached hydrogen (secondary N) is 2. The minimum atomic E-state index is -2.96. The van der Waals surface area contributed by atoms with Crippen LogP contribution in [0.15, 0.2) is 42.5 Å². The summed E-state index contributed by atoms with van der Waals surface area (Å²) in [6.07, 6.45) is 0.192. The van der Waals surface area contributed by atoms with Gasteiger partial charge in [-0.05, 0) is 48.9 Å². The molecular weight excluding hydrogens is 428 g/mol. The molecule has 2 aliphatic heterocycles. The van der Waals surface area contributed by atoms with E-state index in [2.05, 4.69) is 15.4 Å². The first-order chi connectivity index (χ1) is 15.2. The number of benzene rings is 2. The summed E-state index contributed by atoms with van der Waals surface area (Å²) in [5.41, 5.74) is -0.186. The van der Waals surface area contributed by atoms with E-state index in [-0.39, 0.29) is 19.0 Å². The molecule has 0 spiro atoms. The van der Waals surface area contributed by atoms with Crippen LogP contribution in [-0.4, -0.2) is 48.2 Å². The predicted molar refractivity (Wildman–Crippen MR) is 107 cm³/mol. The third-order valence-electron chi connectivity index (χ3n) is 5.00. The summed E-state index contributed by atoms with van der Waals surface area (Å²) >= 11 is 0. The molecule has 2 heterocycles. The summed E-state index contributed by atoms with van der Waals surface area (Å²) in [5.74, 6) is -0.0670. The Hall–Kier alpha value is -3.89. The van der Waals surface area contributed by atoms with E-state index in [1.807, 2.05) is 0 Å². The van der Waals surface area contributed by atoms with Gasteiger partial charge in [-0.3, -0.25) is 14.5 Å². The second kappa shape index (κ2) is 8.33. The molecule has 1 unspecified atom stereocenters. The number of fused-ring (bicyclic) bond motifs is 1. The van der Waals surface area contributed by atoms with E-state index < -0.39 is 36.5 Å². The molecule has 9 nitrogen and oxygen atoms in total. The van der Waals surface area contributed by atoms with E-state index in [0.29, 0.717) is 17.2 Å². The SMILES string of the molecule is CC1(Cc2ccc3c(c2)OCO3)NC(=O)N(CC(=O)Nc2ccc(OC(F)F)cc2)C1=O. The van der Waals surface area contributed by atoms with Gasteiger partial charge in [0.1, 0.15) is 17.8 Å². The monoisotopic (exact) mass is 447 g/mol. The number of ether oxygens (including phenoxy) is 3. The topological polar surface area (TPSA) is 106 Å².